The molecule has 4 aromatic heterocycles. The van der Waals surface area contributed by atoms with Gasteiger partial charge in [0.05, 0.1) is 10.9 Å². The number of H-pyrrole nitrogens is 1. The molecule has 0 saturated heterocycles. The molecule has 0 fully saturated rings. The van der Waals surface area contributed by atoms with Gasteiger partial charge in [0.15, 0.2) is 0 Å². The number of carbonyl (C=O) groups excluding carboxylic acids is 1. The van der Waals surface area contributed by atoms with Gasteiger partial charge in [0.1, 0.15) is 16.3 Å². The number of thiophene rings is 1. The van der Waals surface area contributed by atoms with Crippen molar-refractivity contribution < 1.29 is 4.79 Å². The zero-order valence-electron chi connectivity index (χ0n) is 19.6. The van der Waals surface area contributed by atoms with Crippen LogP contribution in [0.3, 0.4) is 0 Å². The molecule has 0 radical (unpaired) electrons. The molecular formula is C27H27N5OS2. The Morgan fingerprint density at radius 1 is 1.20 bits per heavy atom. The van der Waals surface area contributed by atoms with E-state index in [-0.39, 0.29) is 5.78 Å². The lowest BCUT2D eigenvalue weighted by Crippen LogP contribution is -2.22. The number of hydrogen-bond donors (Lipinski definition) is 2. The molecule has 0 spiro atoms. The van der Waals surface area contributed by atoms with Gasteiger partial charge >= 0.3 is 0 Å². The minimum Gasteiger partial charge on any atom is -0.361 e. The molecule has 0 amide bonds. The first-order valence-corrected chi connectivity index (χ1v) is 13.6. The topological polar surface area (TPSA) is 73.9 Å². The second kappa shape index (κ2) is 9.62. The summed E-state index contributed by atoms with van der Waals surface area (Å²) in [5.74, 6) is 0.286. The SMILES string of the molecule is CN(CCC(=O)Cc1sc2c(c1-c1nc3cnccc3s1)CCNC2)Cc1ccc2[nH]ccc2c1. The van der Waals surface area contributed by atoms with E-state index in [9.17, 15) is 4.79 Å². The van der Waals surface area contributed by atoms with Crippen molar-refractivity contribution in [3.8, 4) is 10.6 Å². The number of hydrogen-bond acceptors (Lipinski definition) is 7. The number of aromatic amines is 1. The lowest BCUT2D eigenvalue weighted by atomic mass is 10.0. The fourth-order valence-electron chi connectivity index (χ4n) is 4.83. The number of thiazole rings is 1. The van der Waals surface area contributed by atoms with Crippen molar-refractivity contribution in [1.29, 1.82) is 0 Å². The minimum absolute atomic E-state index is 0.286. The number of benzene rings is 1. The number of nitrogens with one attached hydrogen (secondary N) is 2. The number of ketones is 1. The summed E-state index contributed by atoms with van der Waals surface area (Å²) in [6.07, 6.45) is 7.61. The maximum atomic E-state index is 13.1. The maximum Gasteiger partial charge on any atom is 0.139 e. The van der Waals surface area contributed by atoms with E-state index >= 15 is 0 Å². The lowest BCUT2D eigenvalue weighted by molar-refractivity contribution is -0.118. The molecule has 1 aliphatic rings. The van der Waals surface area contributed by atoms with Crippen molar-refractivity contribution in [2.24, 2.45) is 0 Å². The molecule has 5 heterocycles. The quantitative estimate of drug-likeness (QED) is 0.306. The summed E-state index contributed by atoms with van der Waals surface area (Å²) in [6.45, 7) is 3.43. The van der Waals surface area contributed by atoms with E-state index < -0.39 is 0 Å². The van der Waals surface area contributed by atoms with Crippen LogP contribution in [0.25, 0.3) is 31.7 Å². The van der Waals surface area contributed by atoms with Crippen LogP contribution in [0.5, 0.6) is 0 Å². The normalized spacial score (nSPS) is 13.7. The number of Topliss-reactive ketones (excluding diaryl/α,β-unsaturated/α-hetero) is 1. The molecule has 178 valence electrons. The van der Waals surface area contributed by atoms with E-state index in [1.165, 1.54) is 27.0 Å². The number of carbonyl (C=O) groups is 1. The monoisotopic (exact) mass is 501 g/mol. The van der Waals surface area contributed by atoms with Crippen LogP contribution < -0.4 is 5.32 Å². The summed E-state index contributed by atoms with van der Waals surface area (Å²) in [7, 11) is 2.09. The largest absolute Gasteiger partial charge is 0.361 e. The van der Waals surface area contributed by atoms with E-state index in [1.54, 1.807) is 22.7 Å². The summed E-state index contributed by atoms with van der Waals surface area (Å²) in [4.78, 5) is 30.2. The lowest BCUT2D eigenvalue weighted by Gasteiger charge is -2.16. The van der Waals surface area contributed by atoms with Gasteiger partial charge < -0.3 is 15.2 Å². The van der Waals surface area contributed by atoms with Gasteiger partial charge in [0, 0.05) is 65.7 Å². The molecule has 8 heteroatoms. The second-order valence-electron chi connectivity index (χ2n) is 9.19. The highest BCUT2D eigenvalue weighted by molar-refractivity contribution is 7.22. The summed E-state index contributed by atoms with van der Waals surface area (Å²) >= 11 is 3.49. The van der Waals surface area contributed by atoms with Crippen molar-refractivity contribution in [2.75, 3.05) is 20.1 Å². The highest BCUT2D eigenvalue weighted by Crippen LogP contribution is 2.41. The molecule has 5 aromatic rings. The highest BCUT2D eigenvalue weighted by atomic mass is 32.1. The van der Waals surface area contributed by atoms with Gasteiger partial charge in [-0.1, -0.05) is 6.07 Å². The molecule has 1 aliphatic heterocycles. The first-order chi connectivity index (χ1) is 17.1. The highest BCUT2D eigenvalue weighted by Gasteiger charge is 2.25. The predicted octanol–water partition coefficient (Wildman–Crippen LogP) is 5.18. The number of nitrogens with zero attached hydrogens (tertiary/aromatic N) is 3. The van der Waals surface area contributed by atoms with Crippen molar-refractivity contribution in [3.63, 3.8) is 0 Å². The molecule has 0 bridgehead atoms. The fraction of sp³-hybridized carbons (Fsp3) is 0.296. The standard InChI is InChI=1S/C27H27N5OS2/c1-32(16-17-2-3-21-18(12-17)4-10-30-21)11-7-19(33)13-24-26(20-5-8-29-15-25(20)34-24)27-31-22-14-28-9-6-23(22)35-27/h2-4,6,9-10,12,14,29-30H,5,7-8,11,13,15-16H2,1H3. The number of fused-ring (bicyclic) bond motifs is 3. The predicted molar refractivity (Wildman–Crippen MR) is 144 cm³/mol. The summed E-state index contributed by atoms with van der Waals surface area (Å²) in [5, 5.41) is 5.72. The molecule has 6 nitrogen and oxygen atoms in total. The van der Waals surface area contributed by atoms with Gasteiger partial charge in [-0.3, -0.25) is 9.78 Å². The van der Waals surface area contributed by atoms with Gasteiger partial charge in [-0.05, 0) is 60.8 Å². The number of pyridine rings is 1. The van der Waals surface area contributed by atoms with Crippen LogP contribution in [0.1, 0.15) is 27.3 Å². The average Bonchev–Trinajstić information content (AvgIpc) is 3.58. The van der Waals surface area contributed by atoms with Crippen LogP contribution in [-0.4, -0.2) is 45.8 Å². The summed E-state index contributed by atoms with van der Waals surface area (Å²) in [5.41, 5.74) is 5.92. The number of rotatable bonds is 8. The molecule has 0 unspecified atom stereocenters. The van der Waals surface area contributed by atoms with Crippen LogP contribution in [0.2, 0.25) is 0 Å². The van der Waals surface area contributed by atoms with Crippen LogP contribution in [0.15, 0.2) is 48.9 Å². The Bertz CT molecular complexity index is 1480. The van der Waals surface area contributed by atoms with Crippen molar-refractivity contribution in [3.05, 3.63) is 69.8 Å². The molecular weight excluding hydrogens is 474 g/mol. The van der Waals surface area contributed by atoms with Gasteiger partial charge in [-0.15, -0.1) is 22.7 Å². The number of aromatic nitrogens is 3. The van der Waals surface area contributed by atoms with Crippen molar-refractivity contribution in [1.82, 2.24) is 25.2 Å². The third-order valence-corrected chi connectivity index (χ3v) is 8.89. The fourth-order valence-corrected chi connectivity index (χ4v) is 7.28. The Kier molecular flexibility index (Phi) is 6.20. The van der Waals surface area contributed by atoms with Gasteiger partial charge in [0.2, 0.25) is 0 Å². The molecule has 0 atom stereocenters. The molecule has 0 saturated carbocycles. The smallest absolute Gasteiger partial charge is 0.139 e. The zero-order valence-corrected chi connectivity index (χ0v) is 21.3. The Morgan fingerprint density at radius 2 is 2.14 bits per heavy atom. The maximum absolute atomic E-state index is 13.1. The minimum atomic E-state index is 0.286. The zero-order chi connectivity index (χ0) is 23.8. The summed E-state index contributed by atoms with van der Waals surface area (Å²) < 4.78 is 1.14. The Morgan fingerprint density at radius 3 is 3.06 bits per heavy atom. The van der Waals surface area contributed by atoms with Crippen molar-refractivity contribution in [2.45, 2.75) is 32.4 Å². The molecule has 1 aromatic carbocycles. The van der Waals surface area contributed by atoms with Crippen LogP contribution >= 0.6 is 22.7 Å². The molecule has 2 N–H and O–H groups in total. The Balaban J connectivity index is 1.16. The first-order valence-electron chi connectivity index (χ1n) is 12.0. The van der Waals surface area contributed by atoms with Crippen molar-refractivity contribution >= 4 is 49.6 Å². The van der Waals surface area contributed by atoms with E-state index in [0.717, 1.165) is 58.2 Å². The van der Waals surface area contributed by atoms with Crippen LogP contribution in [0.4, 0.5) is 0 Å². The second-order valence-corrected chi connectivity index (χ2v) is 11.4. The Hall–Kier alpha value is -2.91. The molecule has 35 heavy (non-hydrogen) atoms. The Labute approximate surface area is 212 Å². The molecule has 6 rings (SSSR count). The third-order valence-electron chi connectivity index (χ3n) is 6.60. The van der Waals surface area contributed by atoms with Gasteiger partial charge in [-0.2, -0.15) is 0 Å². The van der Waals surface area contributed by atoms with Crippen LogP contribution in [-0.2, 0) is 30.7 Å². The van der Waals surface area contributed by atoms with Gasteiger partial charge in [0.25, 0.3) is 0 Å². The van der Waals surface area contributed by atoms with Crippen LogP contribution in [0, 0.1) is 0 Å². The van der Waals surface area contributed by atoms with E-state index in [1.807, 2.05) is 24.7 Å². The van der Waals surface area contributed by atoms with Gasteiger partial charge in [-0.25, -0.2) is 4.98 Å². The van der Waals surface area contributed by atoms with E-state index in [4.69, 9.17) is 4.98 Å². The summed E-state index contributed by atoms with van der Waals surface area (Å²) in [6, 6.07) is 10.6. The average molecular weight is 502 g/mol. The third kappa shape index (κ3) is 4.67. The van der Waals surface area contributed by atoms with E-state index in [0.29, 0.717) is 12.8 Å². The van der Waals surface area contributed by atoms with E-state index in [2.05, 4.69) is 51.5 Å². The first kappa shape index (κ1) is 22.5. The molecule has 0 aliphatic carbocycles.